The van der Waals surface area contributed by atoms with Crippen LogP contribution in [0.3, 0.4) is 0 Å². The summed E-state index contributed by atoms with van der Waals surface area (Å²) in [7, 11) is 0. The van der Waals surface area contributed by atoms with E-state index < -0.39 is 0 Å². The maximum Gasteiger partial charge on any atom is 0.336 e. The minimum atomic E-state index is -0.320. The summed E-state index contributed by atoms with van der Waals surface area (Å²) >= 11 is 0. The Morgan fingerprint density at radius 2 is 1.74 bits per heavy atom. The summed E-state index contributed by atoms with van der Waals surface area (Å²) in [4.78, 5) is 14.3. The van der Waals surface area contributed by atoms with Crippen molar-refractivity contribution in [1.29, 1.82) is 0 Å². The number of furan rings is 1. The van der Waals surface area contributed by atoms with Crippen LogP contribution in [0.4, 0.5) is 0 Å². The Morgan fingerprint density at radius 1 is 0.889 bits per heavy atom. The van der Waals surface area contributed by atoms with Crippen LogP contribution in [0.25, 0.3) is 11.0 Å². The first-order chi connectivity index (χ1) is 13.2. The SMILES string of the molecule is Cc1ccc2oc(=O)cc(CN(Cc3ccccc3)Cc3ccco3)c2c1. The van der Waals surface area contributed by atoms with Gasteiger partial charge in [0.2, 0.25) is 0 Å². The molecule has 2 aromatic heterocycles. The monoisotopic (exact) mass is 359 g/mol. The molecular formula is C23H21NO3. The van der Waals surface area contributed by atoms with Crippen molar-refractivity contribution in [1.82, 2.24) is 4.90 Å². The van der Waals surface area contributed by atoms with Crippen LogP contribution in [0, 0.1) is 6.92 Å². The lowest BCUT2D eigenvalue weighted by molar-refractivity contribution is 0.227. The van der Waals surface area contributed by atoms with Gasteiger partial charge >= 0.3 is 5.63 Å². The van der Waals surface area contributed by atoms with Gasteiger partial charge in [-0.3, -0.25) is 4.90 Å². The molecule has 4 nitrogen and oxygen atoms in total. The van der Waals surface area contributed by atoms with Crippen molar-refractivity contribution in [2.45, 2.75) is 26.6 Å². The summed E-state index contributed by atoms with van der Waals surface area (Å²) in [6, 6.07) is 21.7. The van der Waals surface area contributed by atoms with Gasteiger partial charge < -0.3 is 8.83 Å². The Bertz CT molecular complexity index is 1080. The van der Waals surface area contributed by atoms with Crippen LogP contribution in [-0.4, -0.2) is 4.90 Å². The molecule has 0 saturated carbocycles. The second-order valence-electron chi connectivity index (χ2n) is 6.80. The summed E-state index contributed by atoms with van der Waals surface area (Å²) in [5.74, 6) is 0.898. The Morgan fingerprint density at radius 3 is 2.52 bits per heavy atom. The van der Waals surface area contributed by atoms with Crippen LogP contribution in [0.2, 0.25) is 0 Å². The molecule has 0 atom stereocenters. The summed E-state index contributed by atoms with van der Waals surface area (Å²) in [6.07, 6.45) is 1.69. The molecule has 0 saturated heterocycles. The van der Waals surface area contributed by atoms with Crippen molar-refractivity contribution in [3.63, 3.8) is 0 Å². The van der Waals surface area contributed by atoms with Gasteiger partial charge in [-0.25, -0.2) is 4.79 Å². The molecule has 2 aromatic carbocycles. The quantitative estimate of drug-likeness (QED) is 0.460. The van der Waals surface area contributed by atoms with Crippen molar-refractivity contribution in [3.8, 4) is 0 Å². The van der Waals surface area contributed by atoms with Gasteiger partial charge in [0.15, 0.2) is 0 Å². The second kappa shape index (κ2) is 7.64. The lowest BCUT2D eigenvalue weighted by atomic mass is 10.1. The molecule has 4 heteroatoms. The summed E-state index contributed by atoms with van der Waals surface area (Å²) in [6.45, 7) is 4.09. The third-order valence-electron chi connectivity index (χ3n) is 4.59. The molecule has 4 aromatic rings. The van der Waals surface area contributed by atoms with Crippen LogP contribution in [0.5, 0.6) is 0 Å². The molecule has 4 rings (SSSR count). The van der Waals surface area contributed by atoms with E-state index >= 15 is 0 Å². The summed E-state index contributed by atoms with van der Waals surface area (Å²) in [5.41, 5.74) is 3.62. The highest BCUT2D eigenvalue weighted by Gasteiger charge is 2.13. The lowest BCUT2D eigenvalue weighted by Gasteiger charge is -2.22. The van der Waals surface area contributed by atoms with E-state index in [2.05, 4.69) is 23.1 Å². The molecule has 0 aliphatic heterocycles. The molecule has 0 N–H and O–H groups in total. The summed E-state index contributed by atoms with van der Waals surface area (Å²) in [5, 5.41) is 0.979. The van der Waals surface area contributed by atoms with E-state index in [9.17, 15) is 4.79 Å². The smallest absolute Gasteiger partial charge is 0.336 e. The van der Waals surface area contributed by atoms with Gasteiger partial charge in [0.25, 0.3) is 0 Å². The van der Waals surface area contributed by atoms with Gasteiger partial charge in [-0.2, -0.15) is 0 Å². The lowest BCUT2D eigenvalue weighted by Crippen LogP contribution is -2.23. The maximum absolute atomic E-state index is 12.0. The number of rotatable bonds is 6. The zero-order valence-corrected chi connectivity index (χ0v) is 15.2. The first-order valence-corrected chi connectivity index (χ1v) is 8.99. The number of fused-ring (bicyclic) bond motifs is 1. The Hall–Kier alpha value is -3.11. The first kappa shape index (κ1) is 17.3. The van der Waals surface area contributed by atoms with E-state index in [0.717, 1.165) is 28.8 Å². The van der Waals surface area contributed by atoms with Crippen molar-refractivity contribution in [3.05, 3.63) is 106 Å². The largest absolute Gasteiger partial charge is 0.468 e. The van der Waals surface area contributed by atoms with Gasteiger partial charge in [0.1, 0.15) is 11.3 Å². The number of hydrogen-bond acceptors (Lipinski definition) is 4. The fourth-order valence-corrected chi connectivity index (χ4v) is 3.35. The van der Waals surface area contributed by atoms with E-state index in [4.69, 9.17) is 8.83 Å². The number of hydrogen-bond donors (Lipinski definition) is 0. The molecule has 0 aliphatic rings. The normalized spacial score (nSPS) is 11.3. The van der Waals surface area contributed by atoms with E-state index in [1.165, 1.54) is 5.56 Å². The van der Waals surface area contributed by atoms with Gasteiger partial charge in [-0.1, -0.05) is 42.0 Å². The van der Waals surface area contributed by atoms with Crippen LogP contribution >= 0.6 is 0 Å². The van der Waals surface area contributed by atoms with Crippen molar-refractivity contribution in [2.24, 2.45) is 0 Å². The predicted molar refractivity (Wildman–Crippen MR) is 105 cm³/mol. The van der Waals surface area contributed by atoms with Crippen LogP contribution in [-0.2, 0) is 19.6 Å². The fourth-order valence-electron chi connectivity index (χ4n) is 3.35. The Labute approximate surface area is 157 Å². The molecule has 2 heterocycles. The Balaban J connectivity index is 1.69. The third kappa shape index (κ3) is 4.18. The number of aryl methyl sites for hydroxylation is 1. The maximum atomic E-state index is 12.0. The molecule has 136 valence electrons. The first-order valence-electron chi connectivity index (χ1n) is 8.99. The Kier molecular flexibility index (Phi) is 4.90. The molecule has 0 aliphatic carbocycles. The van der Waals surface area contributed by atoms with E-state index in [0.29, 0.717) is 18.7 Å². The molecule has 0 bridgehead atoms. The van der Waals surface area contributed by atoms with Crippen LogP contribution < -0.4 is 5.63 Å². The number of benzene rings is 2. The third-order valence-corrected chi connectivity index (χ3v) is 4.59. The molecule has 0 amide bonds. The molecule has 27 heavy (non-hydrogen) atoms. The minimum absolute atomic E-state index is 0.320. The predicted octanol–water partition coefficient (Wildman–Crippen LogP) is 4.90. The standard InChI is InChI=1S/C23H21NO3/c1-17-9-10-22-21(12-17)19(13-23(25)27-22)15-24(16-20-8-5-11-26-20)14-18-6-3-2-4-7-18/h2-13H,14-16H2,1H3. The van der Waals surface area contributed by atoms with Gasteiger partial charge in [0, 0.05) is 24.5 Å². The highest BCUT2D eigenvalue weighted by atomic mass is 16.4. The van der Waals surface area contributed by atoms with E-state index in [1.54, 1.807) is 12.3 Å². The second-order valence-corrected chi connectivity index (χ2v) is 6.80. The average Bonchev–Trinajstić information content (AvgIpc) is 3.16. The molecule has 0 unspecified atom stereocenters. The van der Waals surface area contributed by atoms with Gasteiger partial charge in [-0.15, -0.1) is 0 Å². The van der Waals surface area contributed by atoms with Crippen molar-refractivity contribution >= 4 is 11.0 Å². The van der Waals surface area contributed by atoms with Crippen LogP contribution in [0.1, 0.15) is 22.5 Å². The highest BCUT2D eigenvalue weighted by Crippen LogP contribution is 2.22. The van der Waals surface area contributed by atoms with Crippen molar-refractivity contribution in [2.75, 3.05) is 0 Å². The van der Waals surface area contributed by atoms with E-state index in [-0.39, 0.29) is 5.63 Å². The van der Waals surface area contributed by atoms with Gasteiger partial charge in [0.05, 0.1) is 12.8 Å². The molecule has 0 radical (unpaired) electrons. The molecular weight excluding hydrogens is 338 g/mol. The fraction of sp³-hybridized carbons (Fsp3) is 0.174. The topological polar surface area (TPSA) is 46.6 Å². The van der Waals surface area contributed by atoms with Gasteiger partial charge in [-0.05, 0) is 42.3 Å². The number of nitrogens with zero attached hydrogens (tertiary/aromatic N) is 1. The van der Waals surface area contributed by atoms with E-state index in [1.807, 2.05) is 49.4 Å². The molecule has 0 fully saturated rings. The highest BCUT2D eigenvalue weighted by molar-refractivity contribution is 5.80. The average molecular weight is 359 g/mol. The van der Waals surface area contributed by atoms with Crippen LogP contribution in [0.15, 0.2) is 86.6 Å². The zero-order valence-electron chi connectivity index (χ0n) is 15.2. The van der Waals surface area contributed by atoms with Crippen molar-refractivity contribution < 1.29 is 8.83 Å². The minimum Gasteiger partial charge on any atom is -0.468 e. The molecule has 0 spiro atoms. The zero-order chi connectivity index (χ0) is 18.6. The summed E-state index contributed by atoms with van der Waals surface area (Å²) < 4.78 is 10.9.